The van der Waals surface area contributed by atoms with Gasteiger partial charge in [0.15, 0.2) is 11.5 Å². The molecule has 0 saturated carbocycles. The Morgan fingerprint density at radius 2 is 1.74 bits per heavy atom. The number of fused-ring (bicyclic) bond motifs is 1. The molecule has 5 heteroatoms. The van der Waals surface area contributed by atoms with Crippen molar-refractivity contribution in [2.24, 2.45) is 0 Å². The van der Waals surface area contributed by atoms with E-state index < -0.39 is 0 Å². The minimum Gasteiger partial charge on any atom is -0.497 e. The predicted octanol–water partition coefficient (Wildman–Crippen LogP) is 4.04. The van der Waals surface area contributed by atoms with Crippen LogP contribution in [0.4, 0.5) is 0 Å². The molecule has 120 valence electrons. The molecule has 0 amide bonds. The average molecular weight is 312 g/mol. The van der Waals surface area contributed by atoms with Gasteiger partial charge in [-0.05, 0) is 44.2 Å². The van der Waals surface area contributed by atoms with E-state index in [1.54, 1.807) is 7.11 Å². The van der Waals surface area contributed by atoms with Gasteiger partial charge in [-0.15, -0.1) is 0 Å². The predicted molar refractivity (Wildman–Crippen MR) is 90.4 cm³/mol. The summed E-state index contributed by atoms with van der Waals surface area (Å²) in [6.07, 6.45) is 0. The molecule has 5 nitrogen and oxygen atoms in total. The van der Waals surface area contributed by atoms with Crippen LogP contribution in [0.2, 0.25) is 0 Å². The van der Waals surface area contributed by atoms with Gasteiger partial charge in [0.25, 0.3) is 0 Å². The summed E-state index contributed by atoms with van der Waals surface area (Å²) in [6, 6.07) is 11.6. The fraction of sp³-hybridized carbons (Fsp3) is 0.278. The summed E-state index contributed by atoms with van der Waals surface area (Å²) in [5.74, 6) is 3.06. The summed E-state index contributed by atoms with van der Waals surface area (Å²) < 4.78 is 16.5. The Labute approximate surface area is 135 Å². The van der Waals surface area contributed by atoms with Gasteiger partial charge in [-0.2, -0.15) is 0 Å². The molecule has 3 aromatic rings. The van der Waals surface area contributed by atoms with Crippen molar-refractivity contribution in [1.29, 1.82) is 0 Å². The van der Waals surface area contributed by atoms with E-state index in [4.69, 9.17) is 14.2 Å². The maximum absolute atomic E-state index is 5.68. The number of ether oxygens (including phenoxy) is 3. The van der Waals surface area contributed by atoms with E-state index in [1.807, 2.05) is 50.2 Å². The second-order valence-electron chi connectivity index (χ2n) is 5.00. The fourth-order valence-electron chi connectivity index (χ4n) is 2.45. The van der Waals surface area contributed by atoms with Crippen LogP contribution in [0.5, 0.6) is 17.2 Å². The van der Waals surface area contributed by atoms with Gasteiger partial charge in [-0.3, -0.25) is 0 Å². The van der Waals surface area contributed by atoms with E-state index in [2.05, 4.69) is 9.97 Å². The van der Waals surface area contributed by atoms with Crippen LogP contribution in [0.3, 0.4) is 0 Å². The summed E-state index contributed by atoms with van der Waals surface area (Å²) >= 11 is 0. The largest absolute Gasteiger partial charge is 0.497 e. The Kier molecular flexibility index (Phi) is 4.37. The monoisotopic (exact) mass is 312 g/mol. The number of aromatic nitrogens is 2. The van der Waals surface area contributed by atoms with Crippen molar-refractivity contribution in [3.8, 4) is 28.6 Å². The normalized spacial score (nSPS) is 10.7. The highest BCUT2D eigenvalue weighted by Gasteiger charge is 2.11. The summed E-state index contributed by atoms with van der Waals surface area (Å²) in [7, 11) is 1.65. The number of methoxy groups -OCH3 is 1. The number of hydrogen-bond acceptors (Lipinski definition) is 4. The Morgan fingerprint density at radius 3 is 2.48 bits per heavy atom. The molecule has 1 aromatic heterocycles. The lowest BCUT2D eigenvalue weighted by Gasteiger charge is -2.11. The summed E-state index contributed by atoms with van der Waals surface area (Å²) in [5, 5.41) is 0. The van der Waals surface area contributed by atoms with Crippen LogP contribution in [0.25, 0.3) is 22.4 Å². The molecular formula is C18H20N2O3. The smallest absolute Gasteiger partial charge is 0.161 e. The van der Waals surface area contributed by atoms with Crippen molar-refractivity contribution in [1.82, 2.24) is 9.97 Å². The van der Waals surface area contributed by atoms with Crippen LogP contribution in [0.15, 0.2) is 36.4 Å². The lowest BCUT2D eigenvalue weighted by Crippen LogP contribution is -1.98. The fourth-order valence-corrected chi connectivity index (χ4v) is 2.45. The highest BCUT2D eigenvalue weighted by molar-refractivity contribution is 5.81. The SMILES string of the molecule is CCOc1ccc(-c2nc3ccc(OC)cc3[nH]2)cc1OCC. The standard InChI is InChI=1S/C18H20N2O3/c1-4-22-16-9-6-12(10-17(16)23-5-2)18-19-14-8-7-13(21-3)11-15(14)20-18/h6-11H,4-5H2,1-3H3,(H,19,20). The first-order valence-corrected chi connectivity index (χ1v) is 7.69. The first kappa shape index (κ1) is 15.2. The molecule has 1 N–H and O–H groups in total. The summed E-state index contributed by atoms with van der Waals surface area (Å²) in [4.78, 5) is 7.95. The number of hydrogen-bond donors (Lipinski definition) is 1. The van der Waals surface area contributed by atoms with Crippen molar-refractivity contribution < 1.29 is 14.2 Å². The lowest BCUT2D eigenvalue weighted by atomic mass is 10.2. The van der Waals surface area contributed by atoms with E-state index in [-0.39, 0.29) is 0 Å². The molecule has 23 heavy (non-hydrogen) atoms. The molecule has 3 rings (SSSR count). The van der Waals surface area contributed by atoms with Crippen molar-refractivity contribution in [3.05, 3.63) is 36.4 Å². The Hall–Kier alpha value is -2.69. The molecule has 0 atom stereocenters. The first-order chi connectivity index (χ1) is 11.2. The molecule has 1 heterocycles. The molecule has 0 aliphatic heterocycles. The number of benzene rings is 2. The molecule has 0 aliphatic carbocycles. The number of rotatable bonds is 6. The lowest BCUT2D eigenvalue weighted by molar-refractivity contribution is 0.288. The van der Waals surface area contributed by atoms with Crippen molar-refractivity contribution in [2.45, 2.75) is 13.8 Å². The third kappa shape index (κ3) is 3.08. The van der Waals surface area contributed by atoms with Gasteiger partial charge in [-0.1, -0.05) is 0 Å². The third-order valence-electron chi connectivity index (χ3n) is 3.51. The molecule has 0 radical (unpaired) electrons. The number of H-pyrrole nitrogens is 1. The van der Waals surface area contributed by atoms with Crippen molar-refractivity contribution >= 4 is 11.0 Å². The topological polar surface area (TPSA) is 56.4 Å². The van der Waals surface area contributed by atoms with Gasteiger partial charge in [-0.25, -0.2) is 4.98 Å². The van der Waals surface area contributed by atoms with Crippen LogP contribution in [0, 0.1) is 0 Å². The molecular weight excluding hydrogens is 292 g/mol. The van der Waals surface area contributed by atoms with Gasteiger partial charge < -0.3 is 19.2 Å². The van der Waals surface area contributed by atoms with E-state index in [0.29, 0.717) is 13.2 Å². The quantitative estimate of drug-likeness (QED) is 0.746. The van der Waals surface area contributed by atoms with Crippen LogP contribution < -0.4 is 14.2 Å². The Bertz CT molecular complexity index is 811. The van der Waals surface area contributed by atoms with Gasteiger partial charge in [0, 0.05) is 11.6 Å². The molecule has 0 fully saturated rings. The number of nitrogens with one attached hydrogen (secondary N) is 1. The highest BCUT2D eigenvalue weighted by atomic mass is 16.5. The van der Waals surface area contributed by atoms with Crippen LogP contribution in [0.1, 0.15) is 13.8 Å². The minimum atomic E-state index is 0.584. The van der Waals surface area contributed by atoms with Gasteiger partial charge >= 0.3 is 0 Å². The molecule has 0 spiro atoms. The zero-order valence-corrected chi connectivity index (χ0v) is 13.6. The van der Waals surface area contributed by atoms with Gasteiger partial charge in [0.1, 0.15) is 11.6 Å². The summed E-state index contributed by atoms with van der Waals surface area (Å²) in [6.45, 7) is 5.09. The number of aromatic amines is 1. The molecule has 0 bridgehead atoms. The molecule has 2 aromatic carbocycles. The van der Waals surface area contributed by atoms with Gasteiger partial charge in [0.2, 0.25) is 0 Å². The third-order valence-corrected chi connectivity index (χ3v) is 3.51. The van der Waals surface area contributed by atoms with Crippen molar-refractivity contribution in [3.63, 3.8) is 0 Å². The second-order valence-corrected chi connectivity index (χ2v) is 5.00. The van der Waals surface area contributed by atoms with E-state index in [0.717, 1.165) is 39.7 Å². The van der Waals surface area contributed by atoms with Gasteiger partial charge in [0.05, 0.1) is 31.4 Å². The maximum Gasteiger partial charge on any atom is 0.161 e. The van der Waals surface area contributed by atoms with E-state index >= 15 is 0 Å². The average Bonchev–Trinajstić information content (AvgIpc) is 2.99. The minimum absolute atomic E-state index is 0.584. The highest BCUT2D eigenvalue weighted by Crippen LogP contribution is 2.33. The second kappa shape index (κ2) is 6.60. The van der Waals surface area contributed by atoms with Crippen molar-refractivity contribution in [2.75, 3.05) is 20.3 Å². The number of imidazole rings is 1. The van der Waals surface area contributed by atoms with Crippen LogP contribution in [-0.2, 0) is 0 Å². The molecule has 0 aliphatic rings. The first-order valence-electron chi connectivity index (χ1n) is 7.69. The Morgan fingerprint density at radius 1 is 0.957 bits per heavy atom. The molecule has 0 unspecified atom stereocenters. The zero-order valence-electron chi connectivity index (χ0n) is 13.6. The van der Waals surface area contributed by atoms with Crippen LogP contribution in [-0.4, -0.2) is 30.3 Å². The van der Waals surface area contributed by atoms with E-state index in [1.165, 1.54) is 0 Å². The molecule has 0 saturated heterocycles. The summed E-state index contributed by atoms with van der Waals surface area (Å²) in [5.41, 5.74) is 2.78. The maximum atomic E-state index is 5.68. The zero-order chi connectivity index (χ0) is 16.2. The Balaban J connectivity index is 2.01. The number of nitrogens with zero attached hydrogens (tertiary/aromatic N) is 1. The van der Waals surface area contributed by atoms with Crippen LogP contribution >= 0.6 is 0 Å². The van der Waals surface area contributed by atoms with E-state index in [9.17, 15) is 0 Å².